The number of carbonyl (C=O) groups excluding carboxylic acids is 1. The lowest BCUT2D eigenvalue weighted by molar-refractivity contribution is 0.236. The standard InChI is InChI=1S/C23H27N3OS/c1-23(2,3)21-25-19(16-28-21)15-24-22(27)26-20(18-12-8-5-9-13-18)14-17-10-6-4-7-11-17/h4-13,16,20H,14-15H2,1-3H3,(H2,24,26,27). The number of aromatic nitrogens is 1. The second-order valence-corrected chi connectivity index (χ2v) is 8.73. The molecule has 2 amide bonds. The van der Waals surface area contributed by atoms with Gasteiger partial charge >= 0.3 is 6.03 Å². The number of thiazole rings is 1. The highest BCUT2D eigenvalue weighted by molar-refractivity contribution is 7.09. The van der Waals surface area contributed by atoms with Crippen molar-refractivity contribution in [2.75, 3.05) is 0 Å². The molecule has 1 heterocycles. The predicted octanol–water partition coefficient (Wildman–Crippen LogP) is 5.22. The van der Waals surface area contributed by atoms with Crippen LogP contribution in [-0.4, -0.2) is 11.0 Å². The highest BCUT2D eigenvalue weighted by atomic mass is 32.1. The van der Waals surface area contributed by atoms with Crippen LogP contribution in [0.3, 0.4) is 0 Å². The van der Waals surface area contributed by atoms with Crippen LogP contribution in [0.5, 0.6) is 0 Å². The lowest BCUT2D eigenvalue weighted by atomic mass is 9.98. The normalized spacial score (nSPS) is 12.4. The molecule has 1 unspecified atom stereocenters. The summed E-state index contributed by atoms with van der Waals surface area (Å²) in [5, 5.41) is 9.15. The first kappa shape index (κ1) is 20.1. The van der Waals surface area contributed by atoms with Crippen molar-refractivity contribution in [2.24, 2.45) is 0 Å². The largest absolute Gasteiger partial charge is 0.332 e. The molecule has 2 aromatic carbocycles. The lowest BCUT2D eigenvalue weighted by Gasteiger charge is -2.20. The minimum absolute atomic E-state index is 0.0270. The third kappa shape index (κ3) is 5.67. The molecule has 146 valence electrons. The number of rotatable bonds is 6. The fourth-order valence-electron chi connectivity index (χ4n) is 2.90. The maximum atomic E-state index is 12.5. The van der Waals surface area contributed by atoms with E-state index in [0.717, 1.165) is 22.7 Å². The molecule has 0 spiro atoms. The maximum absolute atomic E-state index is 12.5. The molecular weight excluding hydrogens is 366 g/mol. The van der Waals surface area contributed by atoms with Crippen LogP contribution in [0.15, 0.2) is 66.0 Å². The zero-order valence-corrected chi connectivity index (χ0v) is 17.4. The molecule has 0 saturated carbocycles. The smallest absolute Gasteiger partial charge is 0.315 e. The van der Waals surface area contributed by atoms with E-state index in [9.17, 15) is 4.79 Å². The molecule has 3 aromatic rings. The Kier molecular flexibility index (Phi) is 6.47. The van der Waals surface area contributed by atoms with Crippen molar-refractivity contribution in [2.45, 2.75) is 45.2 Å². The van der Waals surface area contributed by atoms with Crippen molar-refractivity contribution in [1.82, 2.24) is 15.6 Å². The average Bonchev–Trinajstić information content (AvgIpc) is 3.17. The van der Waals surface area contributed by atoms with E-state index in [1.54, 1.807) is 11.3 Å². The molecule has 0 bridgehead atoms. The monoisotopic (exact) mass is 393 g/mol. The van der Waals surface area contributed by atoms with Crippen molar-refractivity contribution in [3.05, 3.63) is 87.9 Å². The molecule has 3 rings (SSSR count). The zero-order chi connectivity index (χ0) is 20.0. The van der Waals surface area contributed by atoms with E-state index in [-0.39, 0.29) is 17.5 Å². The Morgan fingerprint density at radius 1 is 1.04 bits per heavy atom. The number of hydrogen-bond acceptors (Lipinski definition) is 3. The Bertz CT molecular complexity index is 885. The molecular formula is C23H27N3OS. The number of hydrogen-bond donors (Lipinski definition) is 2. The number of benzene rings is 2. The van der Waals surface area contributed by atoms with Gasteiger partial charge in [0.25, 0.3) is 0 Å². The van der Waals surface area contributed by atoms with Crippen LogP contribution >= 0.6 is 11.3 Å². The summed E-state index contributed by atoms with van der Waals surface area (Å²) in [6.45, 7) is 6.85. The van der Waals surface area contributed by atoms with E-state index in [4.69, 9.17) is 0 Å². The lowest BCUT2D eigenvalue weighted by Crippen LogP contribution is -2.38. The molecule has 4 nitrogen and oxygen atoms in total. The molecule has 0 fully saturated rings. The highest BCUT2D eigenvalue weighted by Gasteiger charge is 2.19. The summed E-state index contributed by atoms with van der Waals surface area (Å²) < 4.78 is 0. The fourth-order valence-corrected chi connectivity index (χ4v) is 3.81. The van der Waals surface area contributed by atoms with Crippen LogP contribution in [0, 0.1) is 0 Å². The maximum Gasteiger partial charge on any atom is 0.315 e. The Hall–Kier alpha value is -2.66. The van der Waals surface area contributed by atoms with E-state index in [1.165, 1.54) is 5.56 Å². The van der Waals surface area contributed by atoms with Gasteiger partial charge in [0.05, 0.1) is 23.3 Å². The van der Waals surface area contributed by atoms with Gasteiger partial charge in [-0.05, 0) is 17.5 Å². The van der Waals surface area contributed by atoms with Crippen LogP contribution in [0.4, 0.5) is 4.79 Å². The van der Waals surface area contributed by atoms with Gasteiger partial charge in [-0.15, -0.1) is 11.3 Å². The van der Waals surface area contributed by atoms with Crippen molar-refractivity contribution in [1.29, 1.82) is 0 Å². The number of amides is 2. The number of nitrogens with zero attached hydrogens (tertiary/aromatic N) is 1. The van der Waals surface area contributed by atoms with E-state index >= 15 is 0 Å². The van der Waals surface area contributed by atoms with E-state index < -0.39 is 0 Å². The van der Waals surface area contributed by atoms with E-state index in [2.05, 4.69) is 48.5 Å². The molecule has 0 aliphatic carbocycles. The topological polar surface area (TPSA) is 54.0 Å². The number of carbonyl (C=O) groups is 1. The minimum Gasteiger partial charge on any atom is -0.332 e. The van der Waals surface area contributed by atoms with Gasteiger partial charge in [0.15, 0.2) is 0 Å². The summed E-state index contributed by atoms with van der Waals surface area (Å²) in [5.74, 6) is 0. The van der Waals surface area contributed by atoms with Crippen LogP contribution < -0.4 is 10.6 Å². The summed E-state index contributed by atoms with van der Waals surface area (Å²) >= 11 is 1.64. The molecule has 1 atom stereocenters. The van der Waals surface area contributed by atoms with E-state index in [0.29, 0.717) is 6.54 Å². The van der Waals surface area contributed by atoms with Crippen LogP contribution in [0.25, 0.3) is 0 Å². The van der Waals surface area contributed by atoms with Crippen molar-refractivity contribution < 1.29 is 4.79 Å². The average molecular weight is 394 g/mol. The Morgan fingerprint density at radius 3 is 2.29 bits per heavy atom. The quantitative estimate of drug-likeness (QED) is 0.603. The summed E-state index contributed by atoms with van der Waals surface area (Å²) in [4.78, 5) is 17.2. The molecule has 5 heteroatoms. The molecule has 0 aliphatic rings. The summed E-state index contributed by atoms with van der Waals surface area (Å²) in [6, 6.07) is 20.0. The van der Waals surface area contributed by atoms with Gasteiger partial charge in [0.2, 0.25) is 0 Å². The SMILES string of the molecule is CC(C)(C)c1nc(CNC(=O)NC(Cc2ccccc2)c2ccccc2)cs1. The van der Waals surface area contributed by atoms with Gasteiger partial charge in [-0.3, -0.25) is 0 Å². The molecule has 0 aliphatic heterocycles. The summed E-state index contributed by atoms with van der Waals surface area (Å²) in [5.41, 5.74) is 3.19. The second kappa shape index (κ2) is 9.02. The molecule has 1 aromatic heterocycles. The van der Waals surface area contributed by atoms with Gasteiger partial charge < -0.3 is 10.6 Å². The van der Waals surface area contributed by atoms with Gasteiger partial charge in [0, 0.05) is 10.8 Å². The van der Waals surface area contributed by atoms with Gasteiger partial charge in [-0.1, -0.05) is 81.4 Å². The summed E-state index contributed by atoms with van der Waals surface area (Å²) in [7, 11) is 0. The first-order chi connectivity index (χ1) is 13.4. The molecule has 2 N–H and O–H groups in total. The second-order valence-electron chi connectivity index (χ2n) is 7.87. The first-order valence-electron chi connectivity index (χ1n) is 9.50. The third-order valence-corrected chi connectivity index (χ3v) is 5.73. The summed E-state index contributed by atoms with van der Waals surface area (Å²) in [6.07, 6.45) is 0.739. The Labute approximate surface area is 171 Å². The van der Waals surface area contributed by atoms with Gasteiger partial charge in [-0.2, -0.15) is 0 Å². The third-order valence-electron chi connectivity index (χ3n) is 4.41. The minimum atomic E-state index is -0.185. The number of nitrogens with one attached hydrogen (secondary N) is 2. The Morgan fingerprint density at radius 2 is 1.68 bits per heavy atom. The molecule has 0 radical (unpaired) electrons. The van der Waals surface area contributed by atoms with E-state index in [1.807, 2.05) is 53.9 Å². The molecule has 28 heavy (non-hydrogen) atoms. The van der Waals surface area contributed by atoms with Crippen LogP contribution in [-0.2, 0) is 18.4 Å². The van der Waals surface area contributed by atoms with Crippen molar-refractivity contribution in [3.63, 3.8) is 0 Å². The van der Waals surface area contributed by atoms with Crippen LogP contribution in [0.2, 0.25) is 0 Å². The fraction of sp³-hybridized carbons (Fsp3) is 0.304. The number of urea groups is 1. The van der Waals surface area contributed by atoms with Crippen molar-refractivity contribution in [3.8, 4) is 0 Å². The van der Waals surface area contributed by atoms with Crippen molar-refractivity contribution >= 4 is 17.4 Å². The molecule has 0 saturated heterocycles. The van der Waals surface area contributed by atoms with Crippen LogP contribution in [0.1, 0.15) is 48.6 Å². The first-order valence-corrected chi connectivity index (χ1v) is 10.4. The van der Waals surface area contributed by atoms with Gasteiger partial charge in [0.1, 0.15) is 0 Å². The Balaban J connectivity index is 1.63. The highest BCUT2D eigenvalue weighted by Crippen LogP contribution is 2.25. The zero-order valence-electron chi connectivity index (χ0n) is 16.6. The predicted molar refractivity (Wildman–Crippen MR) is 116 cm³/mol. The van der Waals surface area contributed by atoms with Gasteiger partial charge in [-0.25, -0.2) is 9.78 Å².